The number of ketones is 1. The van der Waals surface area contributed by atoms with Gasteiger partial charge in [-0.3, -0.25) is 9.59 Å². The van der Waals surface area contributed by atoms with Crippen LogP contribution in [0.25, 0.3) is 0 Å². The lowest BCUT2D eigenvalue weighted by Gasteiger charge is -2.32. The Morgan fingerprint density at radius 1 is 1.14 bits per heavy atom. The number of hydrogen-bond acceptors (Lipinski definition) is 3. The summed E-state index contributed by atoms with van der Waals surface area (Å²) in [4.78, 5) is 24.4. The minimum Gasteiger partial charge on any atom is -0.465 e. The molecular weight excluding hydrogens is 266 g/mol. The first kappa shape index (κ1) is 17.4. The molecule has 0 bridgehead atoms. The molecule has 0 spiro atoms. The first-order valence-corrected chi connectivity index (χ1v) is 7.25. The second kappa shape index (κ2) is 6.85. The van der Waals surface area contributed by atoms with E-state index in [0.29, 0.717) is 11.0 Å². The maximum absolute atomic E-state index is 12.5. The molecule has 0 aromatic heterocycles. The molecule has 0 aliphatic carbocycles. The Morgan fingerprint density at radius 3 is 2.24 bits per heavy atom. The van der Waals surface area contributed by atoms with Crippen molar-refractivity contribution in [1.82, 2.24) is 0 Å². The summed E-state index contributed by atoms with van der Waals surface area (Å²) in [7, 11) is 3.98. The summed E-state index contributed by atoms with van der Waals surface area (Å²) in [6.45, 7) is 6.34. The SMILES string of the molecule is CCOC(=O)C(C)(C)C(=O)C[N+](C)(C)Cc1ccccc1. The van der Waals surface area contributed by atoms with Crippen molar-refractivity contribution < 1.29 is 18.8 Å². The molecule has 21 heavy (non-hydrogen) atoms. The van der Waals surface area contributed by atoms with Crippen LogP contribution in [0.3, 0.4) is 0 Å². The Hall–Kier alpha value is -1.68. The second-order valence-corrected chi connectivity index (χ2v) is 6.51. The lowest BCUT2D eigenvalue weighted by atomic mass is 9.87. The molecule has 0 N–H and O–H groups in total. The van der Waals surface area contributed by atoms with Gasteiger partial charge in [0, 0.05) is 5.56 Å². The highest BCUT2D eigenvalue weighted by Crippen LogP contribution is 2.21. The van der Waals surface area contributed by atoms with Gasteiger partial charge in [-0.05, 0) is 20.8 Å². The predicted octanol–water partition coefficient (Wildman–Crippen LogP) is 2.42. The predicted molar refractivity (Wildman–Crippen MR) is 82.5 cm³/mol. The van der Waals surface area contributed by atoms with Gasteiger partial charge in [0.25, 0.3) is 0 Å². The monoisotopic (exact) mass is 292 g/mol. The fourth-order valence-corrected chi connectivity index (χ4v) is 2.15. The van der Waals surface area contributed by atoms with Gasteiger partial charge in [0.2, 0.25) is 5.78 Å². The molecule has 0 aliphatic rings. The maximum atomic E-state index is 12.5. The van der Waals surface area contributed by atoms with Crippen molar-refractivity contribution in [1.29, 1.82) is 0 Å². The molecule has 1 aromatic carbocycles. The van der Waals surface area contributed by atoms with E-state index in [0.717, 1.165) is 6.54 Å². The van der Waals surface area contributed by atoms with Crippen LogP contribution in [0.5, 0.6) is 0 Å². The molecule has 0 heterocycles. The third kappa shape index (κ3) is 4.97. The molecule has 1 rings (SSSR count). The summed E-state index contributed by atoms with van der Waals surface area (Å²) >= 11 is 0. The molecule has 0 saturated heterocycles. The lowest BCUT2D eigenvalue weighted by molar-refractivity contribution is -0.896. The smallest absolute Gasteiger partial charge is 0.319 e. The Bertz CT molecular complexity index is 492. The first-order valence-electron chi connectivity index (χ1n) is 7.25. The molecule has 0 unspecified atom stereocenters. The minimum absolute atomic E-state index is 0.0955. The number of esters is 1. The summed E-state index contributed by atoms with van der Waals surface area (Å²) in [5.74, 6) is -0.545. The maximum Gasteiger partial charge on any atom is 0.319 e. The summed E-state index contributed by atoms with van der Waals surface area (Å²) in [6.07, 6.45) is 0. The highest BCUT2D eigenvalue weighted by Gasteiger charge is 2.40. The van der Waals surface area contributed by atoms with E-state index in [1.165, 1.54) is 5.56 Å². The van der Waals surface area contributed by atoms with Crippen LogP contribution in [0.15, 0.2) is 30.3 Å². The third-order valence-corrected chi connectivity index (χ3v) is 3.51. The van der Waals surface area contributed by atoms with Crippen LogP contribution < -0.4 is 0 Å². The topological polar surface area (TPSA) is 43.4 Å². The van der Waals surface area contributed by atoms with E-state index in [1.54, 1.807) is 20.8 Å². The van der Waals surface area contributed by atoms with E-state index in [1.807, 2.05) is 44.4 Å². The largest absolute Gasteiger partial charge is 0.465 e. The van der Waals surface area contributed by atoms with Gasteiger partial charge in [0.15, 0.2) is 0 Å². The molecule has 4 nitrogen and oxygen atoms in total. The van der Waals surface area contributed by atoms with Crippen LogP contribution in [-0.2, 0) is 20.9 Å². The zero-order chi connectivity index (χ0) is 16.1. The van der Waals surface area contributed by atoms with Crippen LogP contribution in [0, 0.1) is 5.41 Å². The normalized spacial score (nSPS) is 12.0. The van der Waals surface area contributed by atoms with Gasteiger partial charge in [-0.1, -0.05) is 30.3 Å². The summed E-state index contributed by atoms with van der Waals surface area (Å²) < 4.78 is 5.50. The van der Waals surface area contributed by atoms with Gasteiger partial charge < -0.3 is 9.22 Å². The highest BCUT2D eigenvalue weighted by atomic mass is 16.5. The Kier molecular flexibility index (Phi) is 5.67. The quantitative estimate of drug-likeness (QED) is 0.440. The number of likely N-dealkylation sites (N-methyl/N-ethyl adjacent to an activating group) is 1. The van der Waals surface area contributed by atoms with Gasteiger partial charge in [0.1, 0.15) is 18.5 Å². The average Bonchev–Trinajstić information content (AvgIpc) is 2.38. The van der Waals surface area contributed by atoms with E-state index < -0.39 is 11.4 Å². The first-order chi connectivity index (χ1) is 9.69. The molecule has 0 radical (unpaired) electrons. The number of quaternary nitrogens is 1. The van der Waals surface area contributed by atoms with Crippen molar-refractivity contribution in [2.24, 2.45) is 5.41 Å². The van der Waals surface area contributed by atoms with E-state index in [4.69, 9.17) is 4.74 Å². The molecule has 0 aliphatic heterocycles. The highest BCUT2D eigenvalue weighted by molar-refractivity contribution is 6.03. The van der Waals surface area contributed by atoms with Crippen LogP contribution in [0.2, 0.25) is 0 Å². The number of carbonyl (C=O) groups is 2. The van der Waals surface area contributed by atoms with Crippen molar-refractivity contribution >= 4 is 11.8 Å². The van der Waals surface area contributed by atoms with E-state index >= 15 is 0 Å². The number of ether oxygens (including phenoxy) is 1. The van der Waals surface area contributed by atoms with Gasteiger partial charge in [-0.25, -0.2) is 0 Å². The average molecular weight is 292 g/mol. The van der Waals surface area contributed by atoms with E-state index in [2.05, 4.69) is 0 Å². The molecule has 4 heteroatoms. The second-order valence-electron chi connectivity index (χ2n) is 6.51. The fraction of sp³-hybridized carbons (Fsp3) is 0.529. The Balaban J connectivity index is 2.74. The zero-order valence-electron chi connectivity index (χ0n) is 13.7. The summed E-state index contributed by atoms with van der Waals surface area (Å²) in [6, 6.07) is 10.0. The van der Waals surface area contributed by atoms with Crippen LogP contribution in [0.4, 0.5) is 0 Å². The van der Waals surface area contributed by atoms with Crippen molar-refractivity contribution in [3.05, 3.63) is 35.9 Å². The van der Waals surface area contributed by atoms with Crippen LogP contribution >= 0.6 is 0 Å². The molecule has 0 fully saturated rings. The van der Waals surface area contributed by atoms with Gasteiger partial charge in [-0.2, -0.15) is 0 Å². The zero-order valence-corrected chi connectivity index (χ0v) is 13.7. The molecule has 0 saturated carbocycles. The lowest BCUT2D eigenvalue weighted by Crippen LogP contribution is -2.49. The van der Waals surface area contributed by atoms with Crippen molar-refractivity contribution in [3.8, 4) is 0 Å². The van der Waals surface area contributed by atoms with Gasteiger partial charge >= 0.3 is 5.97 Å². The minimum atomic E-state index is -1.10. The molecular formula is C17H26NO3+. The number of nitrogens with zero attached hydrogens (tertiary/aromatic N) is 1. The van der Waals surface area contributed by atoms with E-state index in [-0.39, 0.29) is 12.4 Å². The number of benzene rings is 1. The summed E-state index contributed by atoms with van der Waals surface area (Å²) in [5, 5.41) is 0. The number of hydrogen-bond donors (Lipinski definition) is 0. The van der Waals surface area contributed by atoms with Crippen molar-refractivity contribution in [2.45, 2.75) is 27.3 Å². The molecule has 116 valence electrons. The van der Waals surface area contributed by atoms with Crippen molar-refractivity contribution in [3.63, 3.8) is 0 Å². The van der Waals surface area contributed by atoms with Gasteiger partial charge in [-0.15, -0.1) is 0 Å². The van der Waals surface area contributed by atoms with Crippen molar-refractivity contribution in [2.75, 3.05) is 27.2 Å². The van der Waals surface area contributed by atoms with Crippen LogP contribution in [-0.4, -0.2) is 43.5 Å². The third-order valence-electron chi connectivity index (χ3n) is 3.51. The van der Waals surface area contributed by atoms with Crippen LogP contribution in [0.1, 0.15) is 26.3 Å². The molecule has 0 atom stereocenters. The van der Waals surface area contributed by atoms with Gasteiger partial charge in [0.05, 0.1) is 20.7 Å². The fourth-order valence-electron chi connectivity index (χ4n) is 2.15. The Morgan fingerprint density at radius 2 is 1.71 bits per heavy atom. The Labute approximate surface area is 127 Å². The number of Topliss-reactive ketones (excluding diaryl/α,β-unsaturated/α-hetero) is 1. The molecule has 0 amide bonds. The standard InChI is InChI=1S/C17H26NO3/c1-6-21-16(20)17(2,3)15(19)13-18(4,5)12-14-10-8-7-9-11-14/h7-11H,6,12-13H2,1-5H3/q+1. The molecule has 1 aromatic rings. The van der Waals surface area contributed by atoms with E-state index in [9.17, 15) is 9.59 Å². The number of rotatable bonds is 7. The number of carbonyl (C=O) groups excluding carboxylic acids is 2. The summed E-state index contributed by atoms with van der Waals surface area (Å²) in [5.41, 5.74) is 0.0756.